The van der Waals surface area contributed by atoms with E-state index in [9.17, 15) is 0 Å². The van der Waals surface area contributed by atoms with Gasteiger partial charge in [0.15, 0.2) is 11.0 Å². The average molecular weight is 424 g/mol. The molecule has 30 heavy (non-hydrogen) atoms. The highest BCUT2D eigenvalue weighted by Gasteiger charge is 2.20. The molecule has 0 unspecified atom stereocenters. The Balaban J connectivity index is 1.58. The van der Waals surface area contributed by atoms with E-state index in [0.717, 1.165) is 41.8 Å². The lowest BCUT2D eigenvalue weighted by molar-refractivity contribution is 0.188. The number of benzene rings is 1. The monoisotopic (exact) mass is 423 g/mol. The predicted molar refractivity (Wildman–Crippen MR) is 121 cm³/mol. The molecule has 3 aromatic rings. The number of aliphatic hydroxyl groups is 1. The number of aliphatic hydroxyl groups excluding tert-OH is 1. The van der Waals surface area contributed by atoms with E-state index in [4.69, 9.17) is 5.11 Å². The van der Waals surface area contributed by atoms with Gasteiger partial charge in [0.1, 0.15) is 0 Å². The molecule has 1 aromatic carbocycles. The van der Waals surface area contributed by atoms with E-state index >= 15 is 0 Å². The van der Waals surface area contributed by atoms with Crippen LogP contribution in [0.1, 0.15) is 16.3 Å². The summed E-state index contributed by atoms with van der Waals surface area (Å²) in [6.07, 6.45) is 5.72. The quantitative estimate of drug-likeness (QED) is 0.599. The molecule has 1 saturated heterocycles. The number of β-amino-alcohol motifs (C(OH)–C–C–N with tert-alkyl or cyclic N) is 1. The van der Waals surface area contributed by atoms with Gasteiger partial charge in [-0.3, -0.25) is 10.2 Å². The Morgan fingerprint density at radius 2 is 1.87 bits per heavy atom. The van der Waals surface area contributed by atoms with Crippen LogP contribution in [0.15, 0.2) is 36.5 Å². The largest absolute Gasteiger partial charge is 0.395 e. The van der Waals surface area contributed by atoms with E-state index in [-0.39, 0.29) is 6.61 Å². The van der Waals surface area contributed by atoms with E-state index in [1.807, 2.05) is 55.6 Å². The number of nitrogens with zero attached hydrogens (tertiary/aromatic N) is 6. The second-order valence-corrected chi connectivity index (χ2v) is 8.25. The topological polar surface area (TPSA) is 90.3 Å². The van der Waals surface area contributed by atoms with E-state index in [0.29, 0.717) is 24.3 Å². The van der Waals surface area contributed by atoms with Crippen LogP contribution in [0.4, 0.5) is 17.0 Å². The summed E-state index contributed by atoms with van der Waals surface area (Å²) >= 11 is 1.56. The Hall–Kier alpha value is -2.88. The first kappa shape index (κ1) is 20.4. The molecule has 3 heterocycles. The lowest BCUT2D eigenvalue weighted by atomic mass is 10.2. The summed E-state index contributed by atoms with van der Waals surface area (Å²) in [6, 6.07) is 10.1. The summed E-state index contributed by atoms with van der Waals surface area (Å²) in [7, 11) is 0. The van der Waals surface area contributed by atoms with Gasteiger partial charge in [0.25, 0.3) is 0 Å². The first-order valence-electron chi connectivity index (χ1n) is 9.96. The summed E-state index contributed by atoms with van der Waals surface area (Å²) in [4.78, 5) is 23.8. The van der Waals surface area contributed by atoms with Crippen LogP contribution in [0.25, 0.3) is 12.2 Å². The van der Waals surface area contributed by atoms with Crippen LogP contribution < -0.4 is 10.2 Å². The van der Waals surface area contributed by atoms with Crippen molar-refractivity contribution in [2.24, 2.45) is 0 Å². The number of piperazine rings is 1. The van der Waals surface area contributed by atoms with Gasteiger partial charge >= 0.3 is 0 Å². The molecular weight excluding hydrogens is 398 g/mol. The smallest absolute Gasteiger partial charge is 0.234 e. The standard InChI is InChI=1S/C21H25N7OS/c1-16-15-22-21(30-16)26-19-23-18(8-7-17-5-3-2-4-6-17)24-20(25-19)28-11-9-27(10-12-28)13-14-29/h2-8,15,29H,9-14H2,1H3,(H,22,23,24,25,26). The second kappa shape index (κ2) is 9.75. The number of nitrogens with one attached hydrogen (secondary N) is 1. The molecule has 4 rings (SSSR count). The number of aromatic nitrogens is 4. The maximum atomic E-state index is 9.16. The number of anilines is 3. The zero-order chi connectivity index (χ0) is 20.8. The van der Waals surface area contributed by atoms with Crippen molar-refractivity contribution in [1.82, 2.24) is 24.8 Å². The molecule has 8 nitrogen and oxygen atoms in total. The zero-order valence-electron chi connectivity index (χ0n) is 16.9. The van der Waals surface area contributed by atoms with Gasteiger partial charge in [0.05, 0.1) is 6.61 Å². The minimum atomic E-state index is 0.182. The van der Waals surface area contributed by atoms with Gasteiger partial charge in [-0.1, -0.05) is 36.4 Å². The molecule has 0 spiro atoms. The van der Waals surface area contributed by atoms with Crippen molar-refractivity contribution in [1.29, 1.82) is 0 Å². The molecule has 0 aliphatic carbocycles. The van der Waals surface area contributed by atoms with Crippen LogP contribution >= 0.6 is 11.3 Å². The molecule has 1 aliphatic heterocycles. The van der Waals surface area contributed by atoms with Gasteiger partial charge in [-0.05, 0) is 18.6 Å². The molecule has 9 heteroatoms. The Morgan fingerprint density at radius 1 is 1.07 bits per heavy atom. The number of hydrogen-bond acceptors (Lipinski definition) is 9. The molecule has 156 valence electrons. The highest BCUT2D eigenvalue weighted by molar-refractivity contribution is 7.15. The summed E-state index contributed by atoms with van der Waals surface area (Å²) in [5.41, 5.74) is 1.09. The highest BCUT2D eigenvalue weighted by Crippen LogP contribution is 2.22. The van der Waals surface area contributed by atoms with Crippen LogP contribution in [0.5, 0.6) is 0 Å². The van der Waals surface area contributed by atoms with Gasteiger partial charge in [-0.25, -0.2) is 4.98 Å². The molecule has 0 saturated carbocycles. The molecular formula is C21H25N7OS. The SMILES string of the molecule is Cc1cnc(Nc2nc(C=Cc3ccccc3)nc(N3CCN(CCO)CC3)n2)s1. The minimum Gasteiger partial charge on any atom is -0.395 e. The van der Waals surface area contributed by atoms with E-state index < -0.39 is 0 Å². The second-order valence-electron chi connectivity index (χ2n) is 7.01. The van der Waals surface area contributed by atoms with Crippen LogP contribution in [0.2, 0.25) is 0 Å². The van der Waals surface area contributed by atoms with Crippen molar-refractivity contribution >= 4 is 40.5 Å². The van der Waals surface area contributed by atoms with Crippen LogP contribution in [-0.2, 0) is 0 Å². The van der Waals surface area contributed by atoms with Crippen LogP contribution in [0.3, 0.4) is 0 Å². The summed E-state index contributed by atoms with van der Waals surface area (Å²) in [5.74, 6) is 1.73. The molecule has 1 fully saturated rings. The zero-order valence-corrected chi connectivity index (χ0v) is 17.7. The van der Waals surface area contributed by atoms with Crippen molar-refractivity contribution in [3.63, 3.8) is 0 Å². The number of rotatable bonds is 7. The molecule has 0 amide bonds. The van der Waals surface area contributed by atoms with E-state index in [1.165, 1.54) is 0 Å². The van der Waals surface area contributed by atoms with E-state index in [2.05, 4.69) is 35.1 Å². The third-order valence-corrected chi connectivity index (χ3v) is 5.60. The maximum absolute atomic E-state index is 9.16. The summed E-state index contributed by atoms with van der Waals surface area (Å²) < 4.78 is 0. The average Bonchev–Trinajstić information content (AvgIpc) is 3.18. The van der Waals surface area contributed by atoms with Gasteiger partial charge in [-0.15, -0.1) is 11.3 Å². The van der Waals surface area contributed by atoms with Gasteiger partial charge in [0, 0.05) is 43.8 Å². The van der Waals surface area contributed by atoms with Crippen molar-refractivity contribution < 1.29 is 5.11 Å². The van der Waals surface area contributed by atoms with Crippen molar-refractivity contribution in [3.05, 3.63) is 52.8 Å². The lowest BCUT2D eigenvalue weighted by Crippen LogP contribution is -2.47. The Labute approximate surface area is 180 Å². The van der Waals surface area contributed by atoms with Crippen molar-refractivity contribution in [2.45, 2.75) is 6.92 Å². The number of aryl methyl sites for hydroxylation is 1. The fourth-order valence-electron chi connectivity index (χ4n) is 3.21. The van der Waals surface area contributed by atoms with Gasteiger partial charge in [-0.2, -0.15) is 15.0 Å². The normalized spacial score (nSPS) is 15.1. The number of thiazole rings is 1. The molecule has 2 N–H and O–H groups in total. The Bertz CT molecular complexity index is 984. The first-order valence-corrected chi connectivity index (χ1v) is 10.8. The van der Waals surface area contributed by atoms with Crippen LogP contribution in [-0.4, -0.2) is 69.3 Å². The van der Waals surface area contributed by atoms with Gasteiger partial charge in [0.2, 0.25) is 11.9 Å². The predicted octanol–water partition coefficient (Wildman–Crippen LogP) is 2.66. The molecule has 0 radical (unpaired) electrons. The van der Waals surface area contributed by atoms with Crippen molar-refractivity contribution in [2.75, 3.05) is 49.5 Å². The third kappa shape index (κ3) is 5.38. The fourth-order valence-corrected chi connectivity index (χ4v) is 3.87. The number of hydrogen-bond donors (Lipinski definition) is 2. The fraction of sp³-hybridized carbons (Fsp3) is 0.333. The van der Waals surface area contributed by atoms with E-state index in [1.54, 1.807) is 11.3 Å². The van der Waals surface area contributed by atoms with Crippen molar-refractivity contribution in [3.8, 4) is 0 Å². The summed E-state index contributed by atoms with van der Waals surface area (Å²) in [5, 5.41) is 13.1. The molecule has 1 aliphatic rings. The molecule has 0 bridgehead atoms. The lowest BCUT2D eigenvalue weighted by Gasteiger charge is -2.34. The molecule has 0 atom stereocenters. The minimum absolute atomic E-state index is 0.182. The Kier molecular flexibility index (Phi) is 6.63. The molecule has 2 aromatic heterocycles. The maximum Gasteiger partial charge on any atom is 0.234 e. The van der Waals surface area contributed by atoms with Crippen LogP contribution in [0, 0.1) is 6.92 Å². The highest BCUT2D eigenvalue weighted by atomic mass is 32.1. The Morgan fingerprint density at radius 3 is 2.57 bits per heavy atom. The first-order chi connectivity index (χ1) is 14.7. The third-order valence-electron chi connectivity index (χ3n) is 4.78. The summed E-state index contributed by atoms with van der Waals surface area (Å²) in [6.45, 7) is 6.25. The van der Waals surface area contributed by atoms with Gasteiger partial charge < -0.3 is 10.0 Å².